The standard InChI is InChI=1S/C25H28ClF2N3O3S/c1-30(35-33-2)29-24(32)20-8-19(15-3-4-15)23(9-22(20)28)34-18-10-25(11-18)13-31(14-25)12-16-5-6-17(27)7-21(16)26/h5-9,15,18H,3-4,10-14H2,1-2H3,(H,29,32). The maximum Gasteiger partial charge on any atom is 0.269 e. The molecule has 6 nitrogen and oxygen atoms in total. The van der Waals surface area contributed by atoms with Gasteiger partial charge in [0.1, 0.15) is 29.6 Å². The topological polar surface area (TPSA) is 54.0 Å². The Labute approximate surface area is 213 Å². The number of halogens is 3. The summed E-state index contributed by atoms with van der Waals surface area (Å²) in [5, 5.41) is 0.455. The van der Waals surface area contributed by atoms with Crippen LogP contribution in [0, 0.1) is 17.0 Å². The first kappa shape index (κ1) is 24.8. The summed E-state index contributed by atoms with van der Waals surface area (Å²) in [6, 6.07) is 7.52. The summed E-state index contributed by atoms with van der Waals surface area (Å²) >= 11 is 7.11. The summed E-state index contributed by atoms with van der Waals surface area (Å²) < 4.78 is 40.7. The van der Waals surface area contributed by atoms with Crippen molar-refractivity contribution in [1.82, 2.24) is 14.7 Å². The van der Waals surface area contributed by atoms with Crippen molar-refractivity contribution >= 4 is 29.7 Å². The van der Waals surface area contributed by atoms with Crippen molar-refractivity contribution in [3.05, 3.63) is 63.7 Å². The van der Waals surface area contributed by atoms with Crippen molar-refractivity contribution < 1.29 is 22.5 Å². The van der Waals surface area contributed by atoms with Crippen LogP contribution in [0.15, 0.2) is 30.3 Å². The van der Waals surface area contributed by atoms with Gasteiger partial charge in [-0.1, -0.05) is 17.7 Å². The van der Waals surface area contributed by atoms with Gasteiger partial charge >= 0.3 is 0 Å². The lowest BCUT2D eigenvalue weighted by atomic mass is 9.61. The number of amides is 1. The first-order valence-corrected chi connectivity index (χ1v) is 12.7. The average molecular weight is 524 g/mol. The fraction of sp³-hybridized carbons (Fsp3) is 0.480. The minimum atomic E-state index is -0.599. The normalized spacial score (nSPS) is 19.5. The van der Waals surface area contributed by atoms with E-state index in [-0.39, 0.29) is 22.9 Å². The van der Waals surface area contributed by atoms with Gasteiger partial charge in [-0.2, -0.15) is 0 Å². The fourth-order valence-electron chi connectivity index (χ4n) is 5.23. The van der Waals surface area contributed by atoms with Crippen LogP contribution >= 0.6 is 23.8 Å². The number of hydrogen-bond acceptors (Lipinski definition) is 6. The van der Waals surface area contributed by atoms with Crippen LogP contribution in [0.5, 0.6) is 5.75 Å². The molecule has 0 bridgehead atoms. The second-order valence-corrected chi connectivity index (χ2v) is 11.3. The molecule has 1 amide bonds. The lowest BCUT2D eigenvalue weighted by molar-refractivity contribution is -0.122. The predicted molar refractivity (Wildman–Crippen MR) is 131 cm³/mol. The molecule has 0 radical (unpaired) electrons. The van der Waals surface area contributed by atoms with Crippen molar-refractivity contribution in [3.8, 4) is 5.75 Å². The van der Waals surface area contributed by atoms with E-state index in [4.69, 9.17) is 20.5 Å². The van der Waals surface area contributed by atoms with E-state index in [0.29, 0.717) is 23.2 Å². The van der Waals surface area contributed by atoms with Gasteiger partial charge in [0.2, 0.25) is 0 Å². The second-order valence-electron chi connectivity index (χ2n) is 9.85. The van der Waals surface area contributed by atoms with Crippen LogP contribution < -0.4 is 10.2 Å². The minimum Gasteiger partial charge on any atom is -0.490 e. The SMILES string of the molecule is COSN(C)NC(=O)c1cc(C2CC2)c(OC2CC3(C2)CN(Cc2ccc(F)cc2Cl)C3)cc1F. The molecule has 2 aromatic rings. The predicted octanol–water partition coefficient (Wildman–Crippen LogP) is 5.33. The third-order valence-corrected chi connectivity index (χ3v) is 7.76. The van der Waals surface area contributed by atoms with E-state index < -0.39 is 11.7 Å². The molecule has 1 saturated heterocycles. The van der Waals surface area contributed by atoms with Crippen molar-refractivity contribution in [2.24, 2.45) is 5.41 Å². The highest BCUT2D eigenvalue weighted by molar-refractivity contribution is 7.92. The zero-order chi connectivity index (χ0) is 24.7. The third kappa shape index (κ3) is 5.44. The first-order valence-electron chi connectivity index (χ1n) is 11.7. The number of ether oxygens (including phenoxy) is 1. The van der Waals surface area contributed by atoms with E-state index >= 15 is 0 Å². The summed E-state index contributed by atoms with van der Waals surface area (Å²) in [4.78, 5) is 14.8. The number of nitrogens with one attached hydrogen (secondary N) is 1. The van der Waals surface area contributed by atoms with E-state index in [1.807, 2.05) is 0 Å². The number of nitrogens with zero attached hydrogens (tertiary/aromatic N) is 2. The van der Waals surface area contributed by atoms with Gasteiger partial charge in [0.25, 0.3) is 5.91 Å². The van der Waals surface area contributed by atoms with Crippen LogP contribution in [0.1, 0.15) is 53.1 Å². The smallest absolute Gasteiger partial charge is 0.269 e. The maximum atomic E-state index is 14.9. The van der Waals surface area contributed by atoms with Gasteiger partial charge in [-0.05, 0) is 60.9 Å². The van der Waals surface area contributed by atoms with Crippen molar-refractivity contribution in [2.75, 3.05) is 27.2 Å². The molecule has 1 aliphatic heterocycles. The van der Waals surface area contributed by atoms with Crippen LogP contribution in [-0.2, 0) is 10.7 Å². The Balaban J connectivity index is 1.18. The van der Waals surface area contributed by atoms with Gasteiger partial charge in [-0.15, -0.1) is 4.41 Å². The van der Waals surface area contributed by atoms with Gasteiger partial charge in [-0.25, -0.2) is 8.78 Å². The Hall–Kier alpha value is -1.91. The van der Waals surface area contributed by atoms with E-state index in [0.717, 1.165) is 62.1 Å². The molecule has 1 heterocycles. The van der Waals surface area contributed by atoms with E-state index in [1.165, 1.54) is 29.7 Å². The number of rotatable bonds is 9. The van der Waals surface area contributed by atoms with Gasteiger partial charge < -0.3 is 8.92 Å². The zero-order valence-electron chi connectivity index (χ0n) is 19.7. The lowest BCUT2D eigenvalue weighted by Crippen LogP contribution is -2.64. The van der Waals surface area contributed by atoms with Gasteiger partial charge in [-0.3, -0.25) is 15.1 Å². The largest absolute Gasteiger partial charge is 0.490 e. The van der Waals surface area contributed by atoms with Crippen LogP contribution in [0.2, 0.25) is 5.02 Å². The fourth-order valence-corrected chi connectivity index (χ4v) is 5.80. The quantitative estimate of drug-likeness (QED) is 0.272. The van der Waals surface area contributed by atoms with Gasteiger partial charge in [0, 0.05) is 43.2 Å². The Morgan fingerprint density at radius 3 is 2.66 bits per heavy atom. The van der Waals surface area contributed by atoms with Crippen LogP contribution in [-0.4, -0.2) is 48.6 Å². The highest BCUT2D eigenvalue weighted by atomic mass is 35.5. The summed E-state index contributed by atoms with van der Waals surface area (Å²) in [7, 11) is 3.10. The van der Waals surface area contributed by atoms with Crippen LogP contribution in [0.4, 0.5) is 8.78 Å². The number of benzene rings is 2. The average Bonchev–Trinajstić information content (AvgIpc) is 3.57. The monoisotopic (exact) mass is 523 g/mol. The molecule has 188 valence electrons. The lowest BCUT2D eigenvalue weighted by Gasteiger charge is -2.58. The molecule has 2 saturated carbocycles. The van der Waals surface area contributed by atoms with Crippen LogP contribution in [0.25, 0.3) is 0 Å². The molecule has 1 N–H and O–H groups in total. The molecule has 5 rings (SSSR count). The molecule has 2 aromatic carbocycles. The first-order chi connectivity index (χ1) is 16.7. The minimum absolute atomic E-state index is 0.00183. The van der Waals surface area contributed by atoms with Crippen molar-refractivity contribution in [1.29, 1.82) is 0 Å². The maximum absolute atomic E-state index is 14.9. The molecule has 1 spiro atoms. The van der Waals surface area contributed by atoms with Crippen LogP contribution in [0.3, 0.4) is 0 Å². The molecule has 3 aliphatic rings. The molecule has 0 unspecified atom stereocenters. The molecule has 0 atom stereocenters. The Kier molecular flexibility index (Phi) is 6.98. The number of hydrogen-bond donors (Lipinski definition) is 1. The van der Waals surface area contributed by atoms with E-state index in [1.54, 1.807) is 19.2 Å². The molecule has 35 heavy (non-hydrogen) atoms. The second kappa shape index (κ2) is 9.86. The number of carbonyl (C=O) groups is 1. The Morgan fingerprint density at radius 2 is 2.00 bits per heavy atom. The zero-order valence-corrected chi connectivity index (χ0v) is 21.2. The third-order valence-electron chi connectivity index (χ3n) is 6.95. The van der Waals surface area contributed by atoms with Gasteiger partial charge in [0.15, 0.2) is 0 Å². The summed E-state index contributed by atoms with van der Waals surface area (Å²) in [6.45, 7) is 2.58. The van der Waals surface area contributed by atoms with Crippen molar-refractivity contribution in [3.63, 3.8) is 0 Å². The number of carbonyl (C=O) groups excluding carboxylic acids is 1. The molecule has 3 fully saturated rings. The highest BCUT2D eigenvalue weighted by Gasteiger charge is 2.53. The molecule has 2 aliphatic carbocycles. The highest BCUT2D eigenvalue weighted by Crippen LogP contribution is 2.52. The molecule has 0 aromatic heterocycles. The number of likely N-dealkylation sites (tertiary alicyclic amines) is 1. The molecular weight excluding hydrogens is 496 g/mol. The Morgan fingerprint density at radius 1 is 1.26 bits per heavy atom. The summed E-state index contributed by atoms with van der Waals surface area (Å²) in [5.41, 5.74) is 4.63. The summed E-state index contributed by atoms with van der Waals surface area (Å²) in [6.07, 6.45) is 3.88. The molecule has 10 heteroatoms. The number of hydrazine groups is 1. The van der Waals surface area contributed by atoms with E-state index in [9.17, 15) is 13.6 Å². The van der Waals surface area contributed by atoms with E-state index in [2.05, 4.69) is 10.3 Å². The molecular formula is C25H28ClF2N3O3S. The van der Waals surface area contributed by atoms with Gasteiger partial charge in [0.05, 0.1) is 18.8 Å². The van der Waals surface area contributed by atoms with Crippen molar-refractivity contribution in [2.45, 2.75) is 44.2 Å². The summed E-state index contributed by atoms with van der Waals surface area (Å²) in [5.74, 6) is -0.600. The Bertz CT molecular complexity index is 1120.